The van der Waals surface area contributed by atoms with Gasteiger partial charge in [-0.3, -0.25) is 0 Å². The molecule has 0 fully saturated rings. The first kappa shape index (κ1) is 27.8. The predicted molar refractivity (Wildman–Crippen MR) is 180 cm³/mol. The summed E-state index contributed by atoms with van der Waals surface area (Å²) in [4.78, 5) is 31.2. The molecule has 0 bridgehead atoms. The van der Waals surface area contributed by atoms with Crippen LogP contribution >= 0.6 is 0 Å². The van der Waals surface area contributed by atoms with E-state index in [0.717, 1.165) is 32.3 Å². The fraction of sp³-hybridized carbons (Fsp3) is 0.205. The number of hydrogen-bond donors (Lipinski definition) is 0. The van der Waals surface area contributed by atoms with E-state index < -0.39 is 11.3 Å². The van der Waals surface area contributed by atoms with E-state index in [2.05, 4.69) is 77.9 Å². The van der Waals surface area contributed by atoms with Crippen LogP contribution in [0.15, 0.2) is 109 Å². The molecule has 5 heteroatoms. The van der Waals surface area contributed by atoms with Gasteiger partial charge in [0.1, 0.15) is 11.2 Å². The Kier molecular flexibility index (Phi) is 6.15. The molecule has 0 saturated carbocycles. The highest BCUT2D eigenvalue weighted by Crippen LogP contribution is 2.34. The average Bonchev–Trinajstić information content (AvgIpc) is 2.98. The van der Waals surface area contributed by atoms with Gasteiger partial charge in [-0.15, -0.1) is 0 Å². The molecule has 0 aliphatic carbocycles. The van der Waals surface area contributed by atoms with Gasteiger partial charge in [-0.1, -0.05) is 96.1 Å². The van der Waals surface area contributed by atoms with E-state index >= 15 is 0 Å². The van der Waals surface area contributed by atoms with Crippen LogP contribution in [0.4, 0.5) is 0 Å². The van der Waals surface area contributed by atoms with Gasteiger partial charge >= 0.3 is 11.3 Å². The third-order valence-corrected chi connectivity index (χ3v) is 8.50. The minimum Gasteiger partial charge on any atom is -0.422 e. The van der Waals surface area contributed by atoms with E-state index in [-0.39, 0.29) is 10.8 Å². The molecule has 7 rings (SSSR count). The van der Waals surface area contributed by atoms with Gasteiger partial charge in [0.05, 0.1) is 22.5 Å². The Morgan fingerprint density at radius 2 is 0.932 bits per heavy atom. The molecule has 0 amide bonds. The Morgan fingerprint density at radius 1 is 0.500 bits per heavy atom. The molecule has 7 aromatic rings. The van der Waals surface area contributed by atoms with Crippen molar-refractivity contribution in [1.82, 2.24) is 4.98 Å². The number of rotatable bonds is 2. The summed E-state index contributed by atoms with van der Waals surface area (Å²) < 4.78 is 11.6. The summed E-state index contributed by atoms with van der Waals surface area (Å²) in [6.07, 6.45) is 0. The van der Waals surface area contributed by atoms with Gasteiger partial charge in [0.15, 0.2) is 0 Å². The molecule has 0 radical (unpaired) electrons. The van der Waals surface area contributed by atoms with Gasteiger partial charge in [-0.05, 0) is 79.9 Å². The van der Waals surface area contributed by atoms with Crippen molar-refractivity contribution < 1.29 is 8.83 Å². The van der Waals surface area contributed by atoms with Crippen LogP contribution in [-0.2, 0) is 10.8 Å². The predicted octanol–water partition coefficient (Wildman–Crippen LogP) is 9.53. The van der Waals surface area contributed by atoms with Crippen molar-refractivity contribution >= 4 is 43.5 Å². The lowest BCUT2D eigenvalue weighted by Gasteiger charge is -2.19. The second-order valence-corrected chi connectivity index (χ2v) is 13.6. The molecule has 0 unspecified atom stereocenters. The van der Waals surface area contributed by atoms with Crippen LogP contribution < -0.4 is 11.3 Å². The third kappa shape index (κ3) is 4.69. The van der Waals surface area contributed by atoms with Crippen LogP contribution in [0, 0.1) is 0 Å². The van der Waals surface area contributed by atoms with Crippen molar-refractivity contribution in [2.24, 2.45) is 0 Å². The molecule has 3 heterocycles. The molecule has 0 atom stereocenters. The Bertz CT molecular complexity index is 2230. The average molecular weight is 580 g/mol. The number of benzene rings is 4. The minimum absolute atomic E-state index is 0.0129. The van der Waals surface area contributed by atoms with Gasteiger partial charge in [-0.25, -0.2) is 14.6 Å². The van der Waals surface area contributed by atoms with Gasteiger partial charge in [0.25, 0.3) is 0 Å². The zero-order chi connectivity index (χ0) is 31.0. The molecule has 3 aromatic heterocycles. The van der Waals surface area contributed by atoms with E-state index in [0.29, 0.717) is 33.7 Å². The van der Waals surface area contributed by atoms with Gasteiger partial charge in [0, 0.05) is 10.8 Å². The first-order chi connectivity index (χ1) is 20.9. The molecule has 0 spiro atoms. The minimum atomic E-state index is -0.487. The molecular weight excluding hydrogens is 546 g/mol. The van der Waals surface area contributed by atoms with Crippen LogP contribution in [0.1, 0.15) is 52.7 Å². The molecule has 44 heavy (non-hydrogen) atoms. The molecule has 0 aliphatic rings. The number of pyridine rings is 1. The van der Waals surface area contributed by atoms with Crippen molar-refractivity contribution in [1.29, 1.82) is 0 Å². The van der Waals surface area contributed by atoms with E-state index in [4.69, 9.17) is 13.8 Å². The number of fused-ring (bicyclic) bond motifs is 6. The third-order valence-electron chi connectivity index (χ3n) is 8.50. The summed E-state index contributed by atoms with van der Waals surface area (Å²) in [7, 11) is 0. The largest absolute Gasteiger partial charge is 0.422 e. The lowest BCUT2D eigenvalue weighted by atomic mass is 9.85. The number of aromatic nitrogens is 1. The zero-order valence-electron chi connectivity index (χ0n) is 25.7. The Morgan fingerprint density at radius 3 is 1.34 bits per heavy atom. The lowest BCUT2D eigenvalue weighted by Crippen LogP contribution is -2.10. The number of hydrogen-bond acceptors (Lipinski definition) is 5. The van der Waals surface area contributed by atoms with Crippen LogP contribution in [0.2, 0.25) is 0 Å². The Labute approximate surface area is 254 Å². The van der Waals surface area contributed by atoms with Crippen LogP contribution in [0.5, 0.6) is 0 Å². The maximum atomic E-state index is 13.2. The smallest absolute Gasteiger partial charge is 0.345 e. The fourth-order valence-electron chi connectivity index (χ4n) is 5.88. The lowest BCUT2D eigenvalue weighted by molar-refractivity contribution is 0.563. The topological polar surface area (TPSA) is 73.3 Å². The summed E-state index contributed by atoms with van der Waals surface area (Å²) in [5, 5.41) is 5.79. The van der Waals surface area contributed by atoms with Crippen LogP contribution in [0.25, 0.3) is 66.0 Å². The highest BCUT2D eigenvalue weighted by molar-refractivity contribution is 6.07. The Balaban J connectivity index is 1.37. The summed E-state index contributed by atoms with van der Waals surface area (Å²) in [5.41, 5.74) is 4.05. The van der Waals surface area contributed by atoms with Crippen molar-refractivity contribution in [3.05, 3.63) is 123 Å². The SMILES string of the molecule is CC(C)(C)c1ccc2c(ccc3oc(=O)c(-c4cccc(-c5cc6c(ccc7cc(C(C)(C)C)ccc76)oc5=O)n4)cc32)c1. The highest BCUT2D eigenvalue weighted by atomic mass is 16.4. The summed E-state index contributed by atoms with van der Waals surface area (Å²) >= 11 is 0. The fourth-order valence-corrected chi connectivity index (χ4v) is 5.88. The maximum absolute atomic E-state index is 13.2. The van der Waals surface area contributed by atoms with Crippen molar-refractivity contribution in [3.8, 4) is 22.5 Å². The quantitative estimate of drug-likeness (QED) is 0.151. The molecule has 5 nitrogen and oxygen atoms in total. The highest BCUT2D eigenvalue weighted by Gasteiger charge is 2.19. The van der Waals surface area contributed by atoms with Crippen molar-refractivity contribution in [2.75, 3.05) is 0 Å². The van der Waals surface area contributed by atoms with Gasteiger partial charge in [-0.2, -0.15) is 0 Å². The normalized spacial score (nSPS) is 12.5. The summed E-state index contributed by atoms with van der Waals surface area (Å²) in [6, 6.07) is 29.4. The maximum Gasteiger partial charge on any atom is 0.345 e. The zero-order valence-corrected chi connectivity index (χ0v) is 25.7. The first-order valence-electron chi connectivity index (χ1n) is 14.9. The van der Waals surface area contributed by atoms with E-state index in [1.165, 1.54) is 11.1 Å². The van der Waals surface area contributed by atoms with E-state index in [9.17, 15) is 9.59 Å². The molecule has 0 saturated heterocycles. The van der Waals surface area contributed by atoms with Crippen LogP contribution in [-0.4, -0.2) is 4.98 Å². The molecule has 0 N–H and O–H groups in total. The standard InChI is InChI=1S/C39H33NO4/c1-38(2,3)24-12-14-26-22(18-24)10-16-34-28(26)20-30(36(41)43-34)32-8-7-9-33(40-32)31-21-29-27-15-13-25(39(4,5)6)19-23(27)11-17-35(29)44-37(31)42/h7-21H,1-6H3. The van der Waals surface area contributed by atoms with Crippen molar-refractivity contribution in [2.45, 2.75) is 52.4 Å². The van der Waals surface area contributed by atoms with Crippen LogP contribution in [0.3, 0.4) is 0 Å². The molecule has 218 valence electrons. The second kappa shape index (κ2) is 9.75. The Hall–Kier alpha value is -5.03. The van der Waals surface area contributed by atoms with Crippen molar-refractivity contribution in [3.63, 3.8) is 0 Å². The molecule has 0 aliphatic heterocycles. The monoisotopic (exact) mass is 579 g/mol. The molecular formula is C39H33NO4. The van der Waals surface area contributed by atoms with E-state index in [1.807, 2.05) is 36.4 Å². The summed E-state index contributed by atoms with van der Waals surface area (Å²) in [6.45, 7) is 13.1. The van der Waals surface area contributed by atoms with Gasteiger partial charge in [0.2, 0.25) is 0 Å². The molecule has 4 aromatic carbocycles. The second-order valence-electron chi connectivity index (χ2n) is 13.6. The van der Waals surface area contributed by atoms with Gasteiger partial charge < -0.3 is 8.83 Å². The van der Waals surface area contributed by atoms with E-state index in [1.54, 1.807) is 18.2 Å². The first-order valence-corrected chi connectivity index (χ1v) is 14.9. The summed E-state index contributed by atoms with van der Waals surface area (Å²) in [5.74, 6) is 0. The number of nitrogens with zero attached hydrogens (tertiary/aromatic N) is 1.